The molecule has 1 fully saturated rings. The molecule has 1 N–H and O–H groups in total. The molecule has 6 heteroatoms. The predicted octanol–water partition coefficient (Wildman–Crippen LogP) is 4.19. The van der Waals surface area contributed by atoms with Gasteiger partial charge in [-0.15, -0.1) is 0 Å². The minimum absolute atomic E-state index is 0.185. The Bertz CT molecular complexity index is 656. The van der Waals surface area contributed by atoms with Gasteiger partial charge in [0.15, 0.2) is 0 Å². The lowest BCUT2D eigenvalue weighted by Gasteiger charge is -2.28. The third-order valence-electron chi connectivity index (χ3n) is 4.61. The third kappa shape index (κ3) is 5.45. The van der Waals surface area contributed by atoms with E-state index in [2.05, 4.69) is 5.32 Å². The molecule has 0 spiro atoms. The Kier molecular flexibility index (Phi) is 7.66. The second-order valence-electron chi connectivity index (χ2n) is 6.96. The van der Waals surface area contributed by atoms with Gasteiger partial charge >= 0.3 is 5.97 Å². The molecule has 1 aromatic carbocycles. The highest BCUT2D eigenvalue weighted by Gasteiger charge is 2.48. The van der Waals surface area contributed by atoms with E-state index in [4.69, 9.17) is 14.2 Å². The van der Waals surface area contributed by atoms with Crippen LogP contribution in [0.5, 0.6) is 5.75 Å². The van der Waals surface area contributed by atoms with Crippen LogP contribution in [0.4, 0.5) is 5.69 Å². The summed E-state index contributed by atoms with van der Waals surface area (Å²) in [5.41, 5.74) is -0.0121. The van der Waals surface area contributed by atoms with Crippen molar-refractivity contribution < 1.29 is 23.8 Å². The zero-order chi connectivity index (χ0) is 19.9. The van der Waals surface area contributed by atoms with Crippen LogP contribution in [0.1, 0.15) is 63.7 Å². The molecule has 0 aromatic heterocycles. The number of benzene rings is 1. The van der Waals surface area contributed by atoms with Crippen LogP contribution < -0.4 is 10.1 Å². The van der Waals surface area contributed by atoms with Crippen molar-refractivity contribution in [2.75, 3.05) is 25.1 Å². The first-order chi connectivity index (χ1) is 13.0. The van der Waals surface area contributed by atoms with Crippen molar-refractivity contribution >= 4 is 17.6 Å². The van der Waals surface area contributed by atoms with Crippen LogP contribution in [0.15, 0.2) is 18.2 Å². The predicted molar refractivity (Wildman–Crippen MR) is 104 cm³/mol. The molecule has 0 saturated heterocycles. The number of esters is 1. The number of anilines is 1. The molecule has 0 bridgehead atoms. The second kappa shape index (κ2) is 9.74. The summed E-state index contributed by atoms with van der Waals surface area (Å²) in [4.78, 5) is 25.2. The normalized spacial score (nSPS) is 15.7. The number of hydrogen-bond donors (Lipinski definition) is 1. The number of rotatable bonds is 11. The number of carbonyl (C=O) groups excluding carboxylic acids is 2. The molecule has 1 atom stereocenters. The van der Waals surface area contributed by atoms with E-state index in [-0.39, 0.29) is 18.4 Å². The summed E-state index contributed by atoms with van der Waals surface area (Å²) in [6.07, 6.45) is 3.67. The van der Waals surface area contributed by atoms with Crippen molar-refractivity contribution in [3.8, 4) is 5.75 Å². The van der Waals surface area contributed by atoms with E-state index in [1.165, 1.54) is 0 Å². The molecule has 1 saturated carbocycles. The minimum atomic E-state index is -0.850. The van der Waals surface area contributed by atoms with Gasteiger partial charge in [0, 0.05) is 12.3 Å². The van der Waals surface area contributed by atoms with E-state index in [1.807, 2.05) is 20.8 Å². The molecule has 1 aromatic rings. The van der Waals surface area contributed by atoms with E-state index in [0.717, 1.165) is 25.7 Å². The highest BCUT2D eigenvalue weighted by molar-refractivity contribution is 6.00. The number of nitrogens with one attached hydrogen (secondary N) is 1. The first-order valence-electron chi connectivity index (χ1n) is 9.85. The van der Waals surface area contributed by atoms with Crippen molar-refractivity contribution in [1.29, 1.82) is 0 Å². The molecular formula is C21H31NO5. The molecule has 1 aliphatic carbocycles. The van der Waals surface area contributed by atoms with Crippen LogP contribution in [0.25, 0.3) is 0 Å². The Balaban J connectivity index is 2.20. The fraction of sp³-hybridized carbons (Fsp3) is 0.619. The van der Waals surface area contributed by atoms with Crippen LogP contribution >= 0.6 is 0 Å². The number of ether oxygens (including phenoxy) is 3. The summed E-state index contributed by atoms with van der Waals surface area (Å²) in [7, 11) is 0. The Morgan fingerprint density at radius 1 is 1.15 bits per heavy atom. The zero-order valence-electron chi connectivity index (χ0n) is 16.8. The molecule has 27 heavy (non-hydrogen) atoms. The Labute approximate surface area is 161 Å². The summed E-state index contributed by atoms with van der Waals surface area (Å²) in [6.45, 7) is 8.93. The SMILES string of the molecule is CCCOc1ccc(NC(=O)[C@@](C)(OCCC)C2CC2)cc1C(=O)OCC. The molecule has 1 amide bonds. The second-order valence-corrected chi connectivity index (χ2v) is 6.96. The molecular weight excluding hydrogens is 346 g/mol. The summed E-state index contributed by atoms with van der Waals surface area (Å²) in [6, 6.07) is 5.03. The number of hydrogen-bond acceptors (Lipinski definition) is 5. The molecule has 0 aliphatic heterocycles. The smallest absolute Gasteiger partial charge is 0.341 e. The monoisotopic (exact) mass is 377 g/mol. The first kappa shape index (κ1) is 21.2. The van der Waals surface area contributed by atoms with E-state index < -0.39 is 11.6 Å². The molecule has 150 valence electrons. The Morgan fingerprint density at radius 2 is 1.85 bits per heavy atom. The van der Waals surface area contributed by atoms with Gasteiger partial charge in [0.05, 0.1) is 13.2 Å². The molecule has 2 rings (SSSR count). The van der Waals surface area contributed by atoms with Crippen LogP contribution in [-0.2, 0) is 14.3 Å². The van der Waals surface area contributed by atoms with Gasteiger partial charge in [-0.2, -0.15) is 0 Å². The van der Waals surface area contributed by atoms with Crippen LogP contribution in [-0.4, -0.2) is 37.3 Å². The quantitative estimate of drug-likeness (QED) is 0.586. The van der Waals surface area contributed by atoms with E-state index in [9.17, 15) is 9.59 Å². The number of carbonyl (C=O) groups is 2. The van der Waals surface area contributed by atoms with Gasteiger partial charge in [0.25, 0.3) is 5.91 Å². The Morgan fingerprint density at radius 3 is 2.44 bits per heavy atom. The van der Waals surface area contributed by atoms with Crippen LogP contribution in [0.2, 0.25) is 0 Å². The maximum Gasteiger partial charge on any atom is 0.341 e. The largest absolute Gasteiger partial charge is 0.493 e. The van der Waals surface area contributed by atoms with Crippen LogP contribution in [0.3, 0.4) is 0 Å². The van der Waals surface area contributed by atoms with Gasteiger partial charge in [-0.25, -0.2) is 4.79 Å². The van der Waals surface area contributed by atoms with Gasteiger partial charge in [-0.05, 0) is 63.6 Å². The van der Waals surface area contributed by atoms with E-state index in [1.54, 1.807) is 25.1 Å². The third-order valence-corrected chi connectivity index (χ3v) is 4.61. The van der Waals surface area contributed by atoms with Gasteiger partial charge in [-0.3, -0.25) is 4.79 Å². The summed E-state index contributed by atoms with van der Waals surface area (Å²) < 4.78 is 16.7. The fourth-order valence-corrected chi connectivity index (χ4v) is 2.89. The van der Waals surface area contributed by atoms with Crippen molar-refractivity contribution in [2.45, 2.75) is 59.0 Å². The van der Waals surface area contributed by atoms with Gasteiger partial charge in [-0.1, -0.05) is 13.8 Å². The summed E-state index contributed by atoms with van der Waals surface area (Å²) in [5.74, 6) is 0.0450. The molecule has 0 radical (unpaired) electrons. The molecule has 0 heterocycles. The average molecular weight is 377 g/mol. The lowest BCUT2D eigenvalue weighted by atomic mass is 9.98. The van der Waals surface area contributed by atoms with Gasteiger partial charge in [0.2, 0.25) is 0 Å². The highest BCUT2D eigenvalue weighted by atomic mass is 16.5. The number of amides is 1. The average Bonchev–Trinajstić information content (AvgIpc) is 3.50. The Hall–Kier alpha value is -2.08. The van der Waals surface area contributed by atoms with E-state index in [0.29, 0.717) is 30.2 Å². The highest BCUT2D eigenvalue weighted by Crippen LogP contribution is 2.42. The lowest BCUT2D eigenvalue weighted by molar-refractivity contribution is -0.142. The molecule has 0 unspecified atom stereocenters. The molecule has 6 nitrogen and oxygen atoms in total. The lowest BCUT2D eigenvalue weighted by Crippen LogP contribution is -2.45. The zero-order valence-corrected chi connectivity index (χ0v) is 16.8. The van der Waals surface area contributed by atoms with Crippen LogP contribution in [0, 0.1) is 5.92 Å². The van der Waals surface area contributed by atoms with E-state index >= 15 is 0 Å². The van der Waals surface area contributed by atoms with Crippen molar-refractivity contribution in [3.05, 3.63) is 23.8 Å². The molecule has 1 aliphatic rings. The summed E-state index contributed by atoms with van der Waals surface area (Å²) >= 11 is 0. The fourth-order valence-electron chi connectivity index (χ4n) is 2.89. The topological polar surface area (TPSA) is 73.9 Å². The summed E-state index contributed by atoms with van der Waals surface area (Å²) in [5, 5.41) is 2.91. The van der Waals surface area contributed by atoms with Crippen molar-refractivity contribution in [1.82, 2.24) is 0 Å². The van der Waals surface area contributed by atoms with Gasteiger partial charge < -0.3 is 19.5 Å². The first-order valence-corrected chi connectivity index (χ1v) is 9.85. The maximum absolute atomic E-state index is 12.9. The minimum Gasteiger partial charge on any atom is -0.493 e. The van der Waals surface area contributed by atoms with Crippen molar-refractivity contribution in [2.24, 2.45) is 5.92 Å². The van der Waals surface area contributed by atoms with Gasteiger partial charge in [0.1, 0.15) is 16.9 Å². The standard InChI is InChI=1S/C21H31NO5/c1-5-12-26-18-11-10-16(14-17(18)19(23)25-7-3)22-20(24)21(4,15-8-9-15)27-13-6-2/h10-11,14-15H,5-9,12-13H2,1-4H3,(H,22,24)/t21-/m0/s1. The van der Waals surface area contributed by atoms with Crippen molar-refractivity contribution in [3.63, 3.8) is 0 Å². The maximum atomic E-state index is 12.9.